The summed E-state index contributed by atoms with van der Waals surface area (Å²) >= 11 is 0. The topological polar surface area (TPSA) is 58.4 Å². The minimum Gasteiger partial charge on any atom is -0.368 e. The molecule has 0 saturated carbocycles. The molecule has 0 aliphatic rings. The molecule has 1 atom stereocenters. The number of carbonyl (C=O) groups excluding carboxylic acids is 1. The number of hydrogen-bond donors (Lipinski definition) is 2. The summed E-state index contributed by atoms with van der Waals surface area (Å²) in [5.41, 5.74) is 5.26. The zero-order valence-electron chi connectivity index (χ0n) is 10.3. The summed E-state index contributed by atoms with van der Waals surface area (Å²) in [4.78, 5) is 13.4. The Morgan fingerprint density at radius 1 is 1.27 bits per heavy atom. The highest BCUT2D eigenvalue weighted by molar-refractivity contribution is 5.79. The van der Waals surface area contributed by atoms with Crippen molar-refractivity contribution in [1.82, 2.24) is 10.2 Å². The molecule has 1 unspecified atom stereocenters. The Kier molecular flexibility index (Phi) is 8.33. The van der Waals surface area contributed by atoms with E-state index in [1.807, 2.05) is 0 Å². The second-order valence-corrected chi connectivity index (χ2v) is 3.87. The van der Waals surface area contributed by atoms with Crippen LogP contribution in [0.1, 0.15) is 33.1 Å². The Bertz CT molecular complexity index is 167. The number of nitrogens with one attached hydrogen (secondary N) is 1. The molecule has 0 aromatic heterocycles. The minimum atomic E-state index is -0.259. The van der Waals surface area contributed by atoms with Gasteiger partial charge in [-0.3, -0.25) is 4.79 Å². The molecule has 0 aliphatic heterocycles. The van der Waals surface area contributed by atoms with Crippen molar-refractivity contribution in [2.24, 2.45) is 5.73 Å². The number of nitrogens with two attached hydrogens (primary N) is 1. The first kappa shape index (κ1) is 14.4. The number of primary amides is 1. The largest absolute Gasteiger partial charge is 0.368 e. The van der Waals surface area contributed by atoms with Gasteiger partial charge < -0.3 is 16.0 Å². The second-order valence-electron chi connectivity index (χ2n) is 3.87. The fourth-order valence-electron chi connectivity index (χ4n) is 1.71. The molecule has 0 bridgehead atoms. The maximum absolute atomic E-state index is 11.0. The van der Waals surface area contributed by atoms with Crippen LogP contribution in [0.4, 0.5) is 0 Å². The highest BCUT2D eigenvalue weighted by Gasteiger charge is 2.13. The summed E-state index contributed by atoms with van der Waals surface area (Å²) in [6, 6.07) is -0.193. The molecule has 0 spiro atoms. The van der Waals surface area contributed by atoms with Crippen molar-refractivity contribution in [2.75, 3.05) is 26.7 Å². The number of carbonyl (C=O) groups is 1. The molecule has 0 aromatic carbocycles. The van der Waals surface area contributed by atoms with Crippen LogP contribution in [0.5, 0.6) is 0 Å². The van der Waals surface area contributed by atoms with Gasteiger partial charge in [0.05, 0.1) is 6.04 Å². The third-order valence-corrected chi connectivity index (χ3v) is 2.51. The van der Waals surface area contributed by atoms with Gasteiger partial charge in [-0.05, 0) is 39.4 Å². The lowest BCUT2D eigenvalue weighted by Crippen LogP contribution is -2.42. The lowest BCUT2D eigenvalue weighted by molar-refractivity contribution is -0.120. The number of likely N-dealkylation sites (N-methyl/N-ethyl adjacent to an activating group) is 1. The molecule has 3 N–H and O–H groups in total. The average molecular weight is 215 g/mol. The van der Waals surface area contributed by atoms with E-state index in [2.05, 4.69) is 24.1 Å². The molecule has 0 heterocycles. The smallest absolute Gasteiger partial charge is 0.234 e. The third kappa shape index (κ3) is 6.47. The van der Waals surface area contributed by atoms with Gasteiger partial charge >= 0.3 is 0 Å². The average Bonchev–Trinajstić information content (AvgIpc) is 2.18. The van der Waals surface area contributed by atoms with Crippen LogP contribution in [0.25, 0.3) is 0 Å². The second kappa shape index (κ2) is 8.68. The van der Waals surface area contributed by atoms with Crippen molar-refractivity contribution in [2.45, 2.75) is 39.2 Å². The number of rotatable bonds is 9. The lowest BCUT2D eigenvalue weighted by Gasteiger charge is -2.22. The fraction of sp³-hybridized carbons (Fsp3) is 0.909. The fourth-order valence-corrected chi connectivity index (χ4v) is 1.71. The predicted molar refractivity (Wildman–Crippen MR) is 63.7 cm³/mol. The van der Waals surface area contributed by atoms with Crippen molar-refractivity contribution < 1.29 is 4.79 Å². The lowest BCUT2D eigenvalue weighted by atomic mass is 10.2. The zero-order chi connectivity index (χ0) is 11.7. The van der Waals surface area contributed by atoms with Crippen LogP contribution >= 0.6 is 0 Å². The van der Waals surface area contributed by atoms with Crippen LogP contribution < -0.4 is 11.1 Å². The quantitative estimate of drug-likeness (QED) is 0.591. The van der Waals surface area contributed by atoms with Gasteiger partial charge in [0.15, 0.2) is 0 Å². The Morgan fingerprint density at radius 2 is 1.80 bits per heavy atom. The summed E-state index contributed by atoms with van der Waals surface area (Å²) < 4.78 is 0. The maximum atomic E-state index is 11.0. The maximum Gasteiger partial charge on any atom is 0.234 e. The Hall–Kier alpha value is -0.610. The van der Waals surface area contributed by atoms with E-state index in [4.69, 9.17) is 5.73 Å². The van der Waals surface area contributed by atoms with Gasteiger partial charge in [0.2, 0.25) is 5.91 Å². The molecule has 0 saturated heterocycles. The first-order valence-electron chi connectivity index (χ1n) is 5.84. The normalized spacial score (nSPS) is 13.1. The van der Waals surface area contributed by atoms with Crippen molar-refractivity contribution in [3.05, 3.63) is 0 Å². The summed E-state index contributed by atoms with van der Waals surface area (Å²) in [7, 11) is 1.78. The molecule has 90 valence electrons. The molecule has 0 aromatic rings. The minimum absolute atomic E-state index is 0.193. The predicted octanol–water partition coefficient (Wildman–Crippen LogP) is 0.572. The van der Waals surface area contributed by atoms with E-state index in [0.717, 1.165) is 38.9 Å². The summed E-state index contributed by atoms with van der Waals surface area (Å²) in [5, 5.41) is 2.94. The van der Waals surface area contributed by atoms with E-state index in [-0.39, 0.29) is 11.9 Å². The van der Waals surface area contributed by atoms with Gasteiger partial charge in [-0.25, -0.2) is 0 Å². The van der Waals surface area contributed by atoms with Crippen LogP contribution in [0, 0.1) is 0 Å². The number of hydrogen-bond acceptors (Lipinski definition) is 3. The molecule has 0 radical (unpaired) electrons. The summed E-state index contributed by atoms with van der Waals surface area (Å²) in [6.07, 6.45) is 3.10. The SMILES string of the molecule is CCCN(CCC)CCC(NC)C(N)=O. The molecule has 0 aliphatic carbocycles. The van der Waals surface area contributed by atoms with Gasteiger partial charge in [0.25, 0.3) is 0 Å². The van der Waals surface area contributed by atoms with Crippen LogP contribution in [-0.4, -0.2) is 43.5 Å². The van der Waals surface area contributed by atoms with E-state index < -0.39 is 0 Å². The molecule has 4 heteroatoms. The van der Waals surface area contributed by atoms with Crippen LogP contribution in [0.3, 0.4) is 0 Å². The molecule has 15 heavy (non-hydrogen) atoms. The summed E-state index contributed by atoms with van der Waals surface area (Å²) in [6.45, 7) is 7.49. The van der Waals surface area contributed by atoms with Gasteiger partial charge in [0.1, 0.15) is 0 Å². The molecule has 0 rings (SSSR count). The molecule has 1 amide bonds. The number of amides is 1. The van der Waals surface area contributed by atoms with Crippen LogP contribution in [0.2, 0.25) is 0 Å². The van der Waals surface area contributed by atoms with Crippen LogP contribution in [-0.2, 0) is 4.79 Å². The highest BCUT2D eigenvalue weighted by atomic mass is 16.1. The molecular formula is C11H25N3O. The summed E-state index contributed by atoms with van der Waals surface area (Å²) in [5.74, 6) is -0.259. The standard InChI is InChI=1S/C11H25N3O/c1-4-7-14(8-5-2)9-6-10(13-3)11(12)15/h10,13H,4-9H2,1-3H3,(H2,12,15). The van der Waals surface area contributed by atoms with Crippen molar-refractivity contribution in [3.8, 4) is 0 Å². The van der Waals surface area contributed by atoms with Crippen molar-refractivity contribution in [1.29, 1.82) is 0 Å². The van der Waals surface area contributed by atoms with Crippen molar-refractivity contribution in [3.63, 3.8) is 0 Å². The Labute approximate surface area is 93.2 Å². The molecule has 0 fully saturated rings. The first-order valence-corrected chi connectivity index (χ1v) is 5.84. The van der Waals surface area contributed by atoms with Gasteiger partial charge in [0, 0.05) is 6.54 Å². The number of nitrogens with zero attached hydrogens (tertiary/aromatic N) is 1. The van der Waals surface area contributed by atoms with E-state index in [0.29, 0.717) is 0 Å². The van der Waals surface area contributed by atoms with Gasteiger partial charge in [-0.15, -0.1) is 0 Å². The van der Waals surface area contributed by atoms with E-state index in [1.54, 1.807) is 7.05 Å². The molecular weight excluding hydrogens is 190 g/mol. The third-order valence-electron chi connectivity index (χ3n) is 2.51. The highest BCUT2D eigenvalue weighted by Crippen LogP contribution is 1.99. The first-order chi connectivity index (χ1) is 7.15. The van der Waals surface area contributed by atoms with E-state index in [9.17, 15) is 4.79 Å². The molecule has 4 nitrogen and oxygen atoms in total. The van der Waals surface area contributed by atoms with Crippen molar-refractivity contribution >= 4 is 5.91 Å². The Morgan fingerprint density at radius 3 is 2.13 bits per heavy atom. The monoisotopic (exact) mass is 215 g/mol. The van der Waals surface area contributed by atoms with Crippen LogP contribution in [0.15, 0.2) is 0 Å². The van der Waals surface area contributed by atoms with E-state index >= 15 is 0 Å². The Balaban J connectivity index is 3.89. The zero-order valence-corrected chi connectivity index (χ0v) is 10.3. The van der Waals surface area contributed by atoms with E-state index in [1.165, 1.54) is 0 Å². The van der Waals surface area contributed by atoms with Gasteiger partial charge in [-0.2, -0.15) is 0 Å². The van der Waals surface area contributed by atoms with Gasteiger partial charge in [-0.1, -0.05) is 13.8 Å².